The predicted molar refractivity (Wildman–Crippen MR) is 103 cm³/mol. The first-order valence-corrected chi connectivity index (χ1v) is 9.43. The monoisotopic (exact) mass is 396 g/mol. The van der Waals surface area contributed by atoms with Crippen molar-refractivity contribution in [2.45, 2.75) is 26.3 Å². The molecule has 3 rings (SSSR count). The molecule has 8 heteroatoms. The van der Waals surface area contributed by atoms with E-state index in [-0.39, 0.29) is 40.0 Å². The lowest BCUT2D eigenvalue weighted by atomic mass is 9.73. The van der Waals surface area contributed by atoms with E-state index in [0.717, 1.165) is 26.2 Å². The number of nitrogens with zero attached hydrogens (tertiary/aromatic N) is 2. The minimum atomic E-state index is -0.615. The molecule has 0 bridgehead atoms. The fraction of sp³-hybridized carbons (Fsp3) is 0.579. The average molecular weight is 397 g/mol. The van der Waals surface area contributed by atoms with Crippen LogP contribution in [0.15, 0.2) is 18.2 Å². The van der Waals surface area contributed by atoms with Crippen LogP contribution in [0.25, 0.3) is 0 Å². The second-order valence-electron chi connectivity index (χ2n) is 8.74. The van der Waals surface area contributed by atoms with Crippen molar-refractivity contribution in [3.8, 4) is 0 Å². The third kappa shape index (κ3) is 4.97. The maximum Gasteiger partial charge on any atom is 0.238 e. The van der Waals surface area contributed by atoms with Gasteiger partial charge >= 0.3 is 0 Å². The molecular weight excluding hydrogens is 371 g/mol. The molecule has 2 amide bonds. The molecule has 0 unspecified atom stereocenters. The van der Waals surface area contributed by atoms with Crippen molar-refractivity contribution < 1.29 is 14.0 Å². The lowest BCUT2D eigenvalue weighted by Crippen LogP contribution is -2.73. The Morgan fingerprint density at radius 3 is 2.22 bits per heavy atom. The van der Waals surface area contributed by atoms with Crippen LogP contribution >= 0.6 is 11.6 Å². The molecule has 1 aromatic rings. The van der Waals surface area contributed by atoms with Gasteiger partial charge in [-0.05, 0) is 32.9 Å². The second kappa shape index (κ2) is 7.37. The van der Waals surface area contributed by atoms with Gasteiger partial charge in [-0.15, -0.1) is 0 Å². The molecule has 2 heterocycles. The minimum absolute atomic E-state index is 0.0132. The first-order valence-electron chi connectivity index (χ1n) is 9.05. The summed E-state index contributed by atoms with van der Waals surface area (Å²) in [4.78, 5) is 28.2. The lowest BCUT2D eigenvalue weighted by molar-refractivity contribution is -0.141. The number of rotatable bonds is 5. The molecule has 2 aliphatic heterocycles. The third-order valence-electron chi connectivity index (χ3n) is 4.71. The van der Waals surface area contributed by atoms with Crippen LogP contribution in [0.4, 0.5) is 10.1 Å². The number of hydrogen-bond acceptors (Lipinski definition) is 4. The van der Waals surface area contributed by atoms with Crippen LogP contribution in [0, 0.1) is 11.2 Å². The fourth-order valence-electron chi connectivity index (χ4n) is 3.88. The summed E-state index contributed by atoms with van der Waals surface area (Å²) in [5.41, 5.74) is 0.0641. The summed E-state index contributed by atoms with van der Waals surface area (Å²) in [6, 6.07) is 4.53. The van der Waals surface area contributed by atoms with Gasteiger partial charge in [0.15, 0.2) is 5.82 Å². The second-order valence-corrected chi connectivity index (χ2v) is 9.15. The highest BCUT2D eigenvalue weighted by atomic mass is 35.5. The summed E-state index contributed by atoms with van der Waals surface area (Å²) in [6.45, 7) is 9.89. The Bertz CT molecular complexity index is 736. The predicted octanol–water partition coefficient (Wildman–Crippen LogP) is 1.95. The Morgan fingerprint density at radius 1 is 1.11 bits per heavy atom. The number of likely N-dealkylation sites (tertiary alicyclic amines) is 2. The highest BCUT2D eigenvalue weighted by Crippen LogP contribution is 2.39. The van der Waals surface area contributed by atoms with Crippen molar-refractivity contribution in [1.29, 1.82) is 0 Å². The molecule has 1 aromatic carbocycles. The maximum absolute atomic E-state index is 13.8. The van der Waals surface area contributed by atoms with E-state index in [4.69, 9.17) is 11.6 Å². The molecule has 1 spiro atoms. The molecule has 0 atom stereocenters. The van der Waals surface area contributed by atoms with Gasteiger partial charge in [-0.2, -0.15) is 0 Å². The normalized spacial score (nSPS) is 19.3. The van der Waals surface area contributed by atoms with E-state index < -0.39 is 5.82 Å². The molecule has 2 fully saturated rings. The molecule has 0 aromatic heterocycles. The van der Waals surface area contributed by atoms with Crippen LogP contribution in [-0.4, -0.2) is 66.4 Å². The number of halogens is 2. The van der Waals surface area contributed by atoms with Crippen molar-refractivity contribution in [3.05, 3.63) is 29.0 Å². The van der Waals surface area contributed by atoms with Gasteiger partial charge in [-0.3, -0.25) is 19.4 Å². The van der Waals surface area contributed by atoms with Crippen molar-refractivity contribution in [1.82, 2.24) is 15.1 Å². The van der Waals surface area contributed by atoms with Gasteiger partial charge in [0.1, 0.15) is 0 Å². The maximum atomic E-state index is 13.8. The van der Waals surface area contributed by atoms with E-state index >= 15 is 0 Å². The van der Waals surface area contributed by atoms with E-state index in [2.05, 4.69) is 15.5 Å². The van der Waals surface area contributed by atoms with Gasteiger partial charge in [-0.25, -0.2) is 4.39 Å². The smallest absolute Gasteiger partial charge is 0.238 e. The summed E-state index contributed by atoms with van der Waals surface area (Å²) in [5.74, 6) is -0.834. The number of anilines is 1. The van der Waals surface area contributed by atoms with Gasteiger partial charge in [0.2, 0.25) is 11.8 Å². The molecule has 2 saturated heterocycles. The molecule has 2 N–H and O–H groups in total. The SMILES string of the molecule is CC(C)(C)NC(=O)CN1CC2(CN(CC(=O)Nc3cccc(Cl)c3F)C2)C1. The van der Waals surface area contributed by atoms with Crippen LogP contribution < -0.4 is 10.6 Å². The number of carbonyl (C=O) groups is 2. The largest absolute Gasteiger partial charge is 0.350 e. The average Bonchev–Trinajstić information content (AvgIpc) is 2.45. The standard InChI is InChI=1S/C19H26ClFN4O2/c1-18(2,3)23-16(27)8-25-11-19(12-25)9-24(10-19)7-15(26)22-14-6-4-5-13(20)17(14)21/h4-6H,7-12H2,1-3H3,(H,22,26)(H,23,27). The van der Waals surface area contributed by atoms with Crippen LogP contribution in [0.2, 0.25) is 5.02 Å². The Kier molecular flexibility index (Phi) is 5.47. The van der Waals surface area contributed by atoms with Crippen molar-refractivity contribution in [2.75, 3.05) is 44.6 Å². The number of amides is 2. The first-order chi connectivity index (χ1) is 12.6. The molecule has 27 heavy (non-hydrogen) atoms. The summed E-state index contributed by atoms with van der Waals surface area (Å²) >= 11 is 5.72. The number of nitrogens with one attached hydrogen (secondary N) is 2. The van der Waals surface area contributed by atoms with Crippen LogP contribution in [0.3, 0.4) is 0 Å². The summed E-state index contributed by atoms with van der Waals surface area (Å²) in [6.07, 6.45) is 0. The Hall–Kier alpha value is -1.70. The molecule has 2 aliphatic rings. The molecule has 0 radical (unpaired) electrons. The van der Waals surface area contributed by atoms with Gasteiger partial charge in [0.05, 0.1) is 23.8 Å². The topological polar surface area (TPSA) is 64.7 Å². The fourth-order valence-corrected chi connectivity index (χ4v) is 4.06. The van der Waals surface area contributed by atoms with E-state index in [1.54, 1.807) is 6.07 Å². The van der Waals surface area contributed by atoms with Gasteiger partial charge < -0.3 is 10.6 Å². The number of benzene rings is 1. The van der Waals surface area contributed by atoms with Crippen molar-refractivity contribution in [2.24, 2.45) is 5.41 Å². The van der Waals surface area contributed by atoms with Crippen LogP contribution in [0.5, 0.6) is 0 Å². The highest BCUT2D eigenvalue weighted by Gasteiger charge is 2.51. The molecule has 0 aliphatic carbocycles. The molecule has 0 saturated carbocycles. The van der Waals surface area contributed by atoms with Crippen molar-refractivity contribution in [3.63, 3.8) is 0 Å². The third-order valence-corrected chi connectivity index (χ3v) is 5.00. The number of carbonyl (C=O) groups excluding carboxylic acids is 2. The summed E-state index contributed by atoms with van der Waals surface area (Å²) < 4.78 is 13.8. The highest BCUT2D eigenvalue weighted by molar-refractivity contribution is 6.31. The van der Waals surface area contributed by atoms with Crippen LogP contribution in [0.1, 0.15) is 20.8 Å². The first kappa shape index (κ1) is 20.0. The lowest BCUT2D eigenvalue weighted by Gasteiger charge is -2.60. The van der Waals surface area contributed by atoms with Crippen LogP contribution in [-0.2, 0) is 9.59 Å². The van der Waals surface area contributed by atoms with E-state index in [1.165, 1.54) is 12.1 Å². The minimum Gasteiger partial charge on any atom is -0.350 e. The van der Waals surface area contributed by atoms with Crippen molar-refractivity contribution >= 4 is 29.1 Å². The van der Waals surface area contributed by atoms with Gasteiger partial charge in [0, 0.05) is 37.1 Å². The number of hydrogen-bond donors (Lipinski definition) is 2. The van der Waals surface area contributed by atoms with E-state index in [9.17, 15) is 14.0 Å². The Morgan fingerprint density at radius 2 is 1.67 bits per heavy atom. The zero-order valence-electron chi connectivity index (χ0n) is 15.9. The summed E-state index contributed by atoms with van der Waals surface area (Å²) in [5, 5.41) is 5.52. The zero-order chi connectivity index (χ0) is 19.8. The van der Waals surface area contributed by atoms with Gasteiger partial charge in [0.25, 0.3) is 0 Å². The summed E-state index contributed by atoms with van der Waals surface area (Å²) in [7, 11) is 0. The van der Waals surface area contributed by atoms with E-state index in [1.807, 2.05) is 25.7 Å². The zero-order valence-corrected chi connectivity index (χ0v) is 16.7. The molecule has 148 valence electrons. The molecule has 6 nitrogen and oxygen atoms in total. The Labute approximate surface area is 164 Å². The Balaban J connectivity index is 1.38. The van der Waals surface area contributed by atoms with E-state index in [0.29, 0.717) is 6.54 Å². The molecular formula is C19H26ClFN4O2. The van der Waals surface area contributed by atoms with Gasteiger partial charge in [-0.1, -0.05) is 17.7 Å². The quantitative estimate of drug-likeness (QED) is 0.798.